The van der Waals surface area contributed by atoms with E-state index in [1.807, 2.05) is 18.4 Å². The zero-order valence-corrected chi connectivity index (χ0v) is 12.3. The molecule has 0 aliphatic heterocycles. The fourth-order valence-electron chi connectivity index (χ4n) is 1.81. The molecule has 2 aromatic rings. The van der Waals surface area contributed by atoms with E-state index in [4.69, 9.17) is 5.11 Å². The number of hydrogen-bond acceptors (Lipinski definition) is 4. The van der Waals surface area contributed by atoms with Crippen molar-refractivity contribution in [3.8, 4) is 17.6 Å². The van der Waals surface area contributed by atoms with E-state index < -0.39 is 0 Å². The molecular formula is C16H15NO3S. The number of phenols is 1. The number of amides is 1. The summed E-state index contributed by atoms with van der Waals surface area (Å²) in [6.45, 7) is 2.00. The third-order valence-electron chi connectivity index (χ3n) is 2.85. The number of carbonyl (C=O) groups excluding carboxylic acids is 1. The summed E-state index contributed by atoms with van der Waals surface area (Å²) in [6.07, 6.45) is 0. The molecule has 0 fully saturated rings. The van der Waals surface area contributed by atoms with Gasteiger partial charge in [0.2, 0.25) is 0 Å². The Bertz CT molecular complexity index is 710. The van der Waals surface area contributed by atoms with Crippen LogP contribution in [0.25, 0.3) is 0 Å². The van der Waals surface area contributed by atoms with Gasteiger partial charge in [-0.1, -0.05) is 23.5 Å². The summed E-state index contributed by atoms with van der Waals surface area (Å²) >= 11 is 1.48. The lowest BCUT2D eigenvalue weighted by Crippen LogP contribution is -2.22. The lowest BCUT2D eigenvalue weighted by molar-refractivity contribution is 0.0948. The maximum absolute atomic E-state index is 12.1. The molecule has 0 atom stereocenters. The average Bonchev–Trinajstić information content (AvgIpc) is 2.92. The lowest BCUT2D eigenvalue weighted by Gasteiger charge is -2.07. The van der Waals surface area contributed by atoms with Crippen LogP contribution in [0.3, 0.4) is 0 Å². The van der Waals surface area contributed by atoms with Crippen LogP contribution in [0.5, 0.6) is 5.75 Å². The number of nitrogens with one attached hydrogen (secondary N) is 1. The number of hydrogen-bond donors (Lipinski definition) is 3. The molecule has 1 amide bonds. The number of aliphatic hydroxyl groups excluding tert-OH is 1. The van der Waals surface area contributed by atoms with Gasteiger partial charge in [-0.05, 0) is 30.5 Å². The third kappa shape index (κ3) is 3.85. The second-order valence-corrected chi connectivity index (χ2v) is 5.42. The van der Waals surface area contributed by atoms with Crippen molar-refractivity contribution < 1.29 is 15.0 Å². The van der Waals surface area contributed by atoms with Crippen LogP contribution in [0.1, 0.15) is 26.4 Å². The summed E-state index contributed by atoms with van der Waals surface area (Å²) in [6, 6.07) is 6.74. The summed E-state index contributed by atoms with van der Waals surface area (Å²) in [5, 5.41) is 23.1. The van der Waals surface area contributed by atoms with Crippen LogP contribution < -0.4 is 5.32 Å². The maximum atomic E-state index is 12.1. The van der Waals surface area contributed by atoms with E-state index in [1.165, 1.54) is 17.4 Å². The monoisotopic (exact) mass is 301 g/mol. The van der Waals surface area contributed by atoms with E-state index in [0.717, 1.165) is 16.0 Å². The molecule has 0 radical (unpaired) electrons. The minimum absolute atomic E-state index is 0.0374. The predicted octanol–water partition coefficient (Wildman–Crippen LogP) is 2.04. The SMILES string of the molecule is Cc1ccc(O)c(C(=O)NCc2sccc2C#CCO)c1. The van der Waals surface area contributed by atoms with Crippen molar-refractivity contribution in [3.63, 3.8) is 0 Å². The van der Waals surface area contributed by atoms with Gasteiger partial charge in [0.1, 0.15) is 12.4 Å². The van der Waals surface area contributed by atoms with E-state index in [9.17, 15) is 9.90 Å². The van der Waals surface area contributed by atoms with E-state index in [-0.39, 0.29) is 23.8 Å². The van der Waals surface area contributed by atoms with E-state index in [2.05, 4.69) is 17.2 Å². The topological polar surface area (TPSA) is 69.6 Å². The van der Waals surface area contributed by atoms with Crippen molar-refractivity contribution in [1.29, 1.82) is 0 Å². The molecule has 1 aromatic carbocycles. The molecule has 2 rings (SSSR count). The molecule has 0 saturated heterocycles. The zero-order valence-electron chi connectivity index (χ0n) is 11.5. The van der Waals surface area contributed by atoms with Gasteiger partial charge < -0.3 is 15.5 Å². The molecule has 3 N–H and O–H groups in total. The van der Waals surface area contributed by atoms with Gasteiger partial charge in [0.05, 0.1) is 12.1 Å². The molecule has 1 aromatic heterocycles. The summed E-state index contributed by atoms with van der Waals surface area (Å²) in [5.74, 6) is 5.06. The van der Waals surface area contributed by atoms with Gasteiger partial charge in [0, 0.05) is 10.4 Å². The first-order valence-electron chi connectivity index (χ1n) is 6.35. The van der Waals surface area contributed by atoms with Crippen molar-refractivity contribution in [2.24, 2.45) is 0 Å². The quantitative estimate of drug-likeness (QED) is 0.760. The molecular weight excluding hydrogens is 286 g/mol. The van der Waals surface area contributed by atoms with Crippen LogP contribution in [0.2, 0.25) is 0 Å². The summed E-state index contributed by atoms with van der Waals surface area (Å²) in [4.78, 5) is 13.0. The fraction of sp³-hybridized carbons (Fsp3) is 0.188. The number of aryl methyl sites for hydroxylation is 1. The first-order chi connectivity index (χ1) is 10.1. The van der Waals surface area contributed by atoms with E-state index in [1.54, 1.807) is 12.1 Å². The summed E-state index contributed by atoms with van der Waals surface area (Å²) in [5.41, 5.74) is 1.96. The van der Waals surface area contributed by atoms with Crippen molar-refractivity contribution in [3.05, 3.63) is 51.2 Å². The molecule has 4 nitrogen and oxygen atoms in total. The standard InChI is InChI=1S/C16H15NO3S/c1-11-4-5-14(19)13(9-11)16(20)17-10-15-12(3-2-7-18)6-8-21-15/h4-6,8-9,18-19H,7,10H2,1H3,(H,17,20). The number of aromatic hydroxyl groups is 1. The minimum atomic E-state index is -0.328. The summed E-state index contributed by atoms with van der Waals surface area (Å²) in [7, 11) is 0. The van der Waals surface area contributed by atoms with Crippen LogP contribution in [0.15, 0.2) is 29.6 Å². The molecule has 0 saturated carbocycles. The Morgan fingerprint density at radius 1 is 1.38 bits per heavy atom. The van der Waals surface area contributed by atoms with Crippen LogP contribution in [-0.4, -0.2) is 22.7 Å². The Kier molecular flexibility index (Phi) is 4.99. The number of aliphatic hydroxyl groups is 1. The highest BCUT2D eigenvalue weighted by atomic mass is 32.1. The number of benzene rings is 1. The Hall–Kier alpha value is -2.29. The fourth-order valence-corrected chi connectivity index (χ4v) is 2.58. The molecule has 21 heavy (non-hydrogen) atoms. The van der Waals surface area contributed by atoms with Crippen molar-refractivity contribution >= 4 is 17.2 Å². The van der Waals surface area contributed by atoms with Crippen molar-refractivity contribution in [2.45, 2.75) is 13.5 Å². The molecule has 0 aliphatic carbocycles. The van der Waals surface area contributed by atoms with Gasteiger partial charge in [-0.2, -0.15) is 0 Å². The van der Waals surface area contributed by atoms with Crippen molar-refractivity contribution in [1.82, 2.24) is 5.32 Å². The van der Waals surface area contributed by atoms with Gasteiger partial charge in [-0.25, -0.2) is 0 Å². The largest absolute Gasteiger partial charge is 0.507 e. The Labute approximate surface area is 127 Å². The van der Waals surface area contributed by atoms with Crippen LogP contribution in [-0.2, 0) is 6.54 Å². The van der Waals surface area contributed by atoms with Crippen LogP contribution in [0, 0.1) is 18.8 Å². The predicted molar refractivity (Wildman–Crippen MR) is 82.3 cm³/mol. The molecule has 0 bridgehead atoms. The minimum Gasteiger partial charge on any atom is -0.507 e. The molecule has 1 heterocycles. The third-order valence-corrected chi connectivity index (χ3v) is 3.77. The average molecular weight is 301 g/mol. The first-order valence-corrected chi connectivity index (χ1v) is 7.23. The van der Waals surface area contributed by atoms with Crippen molar-refractivity contribution in [2.75, 3.05) is 6.61 Å². The van der Waals surface area contributed by atoms with Gasteiger partial charge in [0.15, 0.2) is 0 Å². The van der Waals surface area contributed by atoms with Gasteiger partial charge >= 0.3 is 0 Å². The Balaban J connectivity index is 2.08. The lowest BCUT2D eigenvalue weighted by atomic mass is 10.1. The Morgan fingerprint density at radius 2 is 2.19 bits per heavy atom. The number of thiophene rings is 1. The molecule has 0 unspecified atom stereocenters. The van der Waals surface area contributed by atoms with E-state index >= 15 is 0 Å². The highest BCUT2D eigenvalue weighted by Crippen LogP contribution is 2.19. The molecule has 0 aliphatic rings. The molecule has 0 spiro atoms. The van der Waals surface area contributed by atoms with Gasteiger partial charge in [0.25, 0.3) is 5.91 Å². The maximum Gasteiger partial charge on any atom is 0.255 e. The summed E-state index contributed by atoms with van der Waals surface area (Å²) < 4.78 is 0. The molecule has 5 heteroatoms. The number of carbonyl (C=O) groups is 1. The second kappa shape index (κ2) is 6.93. The van der Waals surface area contributed by atoms with Crippen LogP contribution >= 0.6 is 11.3 Å². The Morgan fingerprint density at radius 3 is 2.95 bits per heavy atom. The van der Waals surface area contributed by atoms with Gasteiger partial charge in [-0.15, -0.1) is 11.3 Å². The molecule has 108 valence electrons. The van der Waals surface area contributed by atoms with Gasteiger partial charge in [-0.3, -0.25) is 4.79 Å². The normalized spacial score (nSPS) is 9.81. The zero-order chi connectivity index (χ0) is 15.2. The number of rotatable bonds is 3. The van der Waals surface area contributed by atoms with E-state index in [0.29, 0.717) is 6.54 Å². The van der Waals surface area contributed by atoms with Crippen LogP contribution in [0.4, 0.5) is 0 Å². The second-order valence-electron chi connectivity index (χ2n) is 4.42. The highest BCUT2D eigenvalue weighted by Gasteiger charge is 2.12. The smallest absolute Gasteiger partial charge is 0.255 e. The highest BCUT2D eigenvalue weighted by molar-refractivity contribution is 7.10. The first kappa shape index (κ1) is 15.1. The number of phenolic OH excluding ortho intramolecular Hbond substituents is 1.